The molecule has 0 aliphatic carbocycles. The number of benzene rings is 2. The van der Waals surface area contributed by atoms with Crippen LogP contribution in [0.5, 0.6) is 0 Å². The van der Waals surface area contributed by atoms with Gasteiger partial charge in [-0.15, -0.1) is 10.2 Å². The van der Waals surface area contributed by atoms with Gasteiger partial charge in [-0.1, -0.05) is 0 Å². The largest absolute Gasteiger partial charge is 0.298 e. The quantitative estimate of drug-likeness (QED) is 0.531. The third-order valence-electron chi connectivity index (χ3n) is 3.07. The summed E-state index contributed by atoms with van der Waals surface area (Å²) in [5.41, 5.74) is 0.141. The second-order valence-corrected chi connectivity index (χ2v) is 4.16. The van der Waals surface area contributed by atoms with Crippen LogP contribution in [0.3, 0.4) is 0 Å². The fraction of sp³-hybridized carbons (Fsp3) is 0. The second kappa shape index (κ2) is 4.41. The SMILES string of the molecule is O=Cc1ccc(F)c2c1nnc1c(C=O)ccc(F)c12. The molecule has 0 bridgehead atoms. The molecule has 0 saturated heterocycles. The van der Waals surface area contributed by atoms with E-state index in [0.717, 1.165) is 12.1 Å². The highest BCUT2D eigenvalue weighted by Gasteiger charge is 2.17. The summed E-state index contributed by atoms with van der Waals surface area (Å²) in [6.07, 6.45) is 0.980. The molecule has 0 radical (unpaired) electrons. The Morgan fingerprint density at radius 2 is 1.15 bits per heavy atom. The summed E-state index contributed by atoms with van der Waals surface area (Å²) in [6.45, 7) is 0. The number of nitrogens with zero attached hydrogens (tertiary/aromatic N) is 2. The molecule has 0 aliphatic rings. The van der Waals surface area contributed by atoms with Crippen molar-refractivity contribution in [3.05, 3.63) is 47.0 Å². The maximum atomic E-state index is 14.0. The van der Waals surface area contributed by atoms with Gasteiger partial charge in [-0.2, -0.15) is 0 Å². The van der Waals surface area contributed by atoms with E-state index >= 15 is 0 Å². The Labute approximate surface area is 111 Å². The van der Waals surface area contributed by atoms with Crippen molar-refractivity contribution < 1.29 is 18.4 Å². The molecule has 3 aromatic rings. The van der Waals surface area contributed by atoms with Gasteiger partial charge in [-0.25, -0.2) is 8.78 Å². The molecule has 0 aliphatic heterocycles. The van der Waals surface area contributed by atoms with Gasteiger partial charge in [0.2, 0.25) is 0 Å². The number of carbonyl (C=O) groups excluding carboxylic acids is 2. The smallest absolute Gasteiger partial charge is 0.152 e. The van der Waals surface area contributed by atoms with Crippen molar-refractivity contribution >= 4 is 34.4 Å². The van der Waals surface area contributed by atoms with Crippen molar-refractivity contribution in [3.8, 4) is 0 Å². The standard InChI is InChI=1S/C14H6F2N2O2/c15-9-3-1-7(5-19)13-11(9)12-10(16)4-2-8(6-20)14(12)18-17-13/h1-6H. The first-order chi connectivity index (χ1) is 9.67. The van der Waals surface area contributed by atoms with Gasteiger partial charge in [0.1, 0.15) is 22.7 Å². The summed E-state index contributed by atoms with van der Waals surface area (Å²) >= 11 is 0. The van der Waals surface area contributed by atoms with Crippen molar-refractivity contribution in [3.63, 3.8) is 0 Å². The normalized spacial score (nSPS) is 10.9. The first-order valence-electron chi connectivity index (χ1n) is 5.65. The number of aldehydes is 2. The van der Waals surface area contributed by atoms with E-state index in [0.29, 0.717) is 12.6 Å². The lowest BCUT2D eigenvalue weighted by Gasteiger charge is -2.07. The molecule has 98 valence electrons. The molecule has 0 amide bonds. The van der Waals surface area contributed by atoms with Crippen LogP contribution < -0.4 is 0 Å². The zero-order chi connectivity index (χ0) is 14.3. The fourth-order valence-electron chi connectivity index (χ4n) is 2.15. The third-order valence-corrected chi connectivity index (χ3v) is 3.07. The number of aromatic nitrogens is 2. The third kappa shape index (κ3) is 1.58. The van der Waals surface area contributed by atoms with Crippen LogP contribution in [0.4, 0.5) is 8.78 Å². The zero-order valence-corrected chi connectivity index (χ0v) is 9.93. The molecular weight excluding hydrogens is 266 g/mol. The van der Waals surface area contributed by atoms with E-state index in [1.54, 1.807) is 0 Å². The van der Waals surface area contributed by atoms with Crippen molar-refractivity contribution in [2.24, 2.45) is 0 Å². The minimum Gasteiger partial charge on any atom is -0.298 e. The van der Waals surface area contributed by atoms with E-state index in [4.69, 9.17) is 0 Å². The summed E-state index contributed by atoms with van der Waals surface area (Å²) < 4.78 is 28.0. The first kappa shape index (κ1) is 12.3. The lowest BCUT2D eigenvalue weighted by Crippen LogP contribution is -1.99. The zero-order valence-electron chi connectivity index (χ0n) is 9.93. The minimum absolute atomic E-state index is 0.0329. The molecule has 1 aromatic heterocycles. The molecule has 0 spiro atoms. The minimum atomic E-state index is -0.729. The van der Waals surface area contributed by atoms with Crippen LogP contribution in [0.2, 0.25) is 0 Å². The molecule has 4 nitrogen and oxygen atoms in total. The molecule has 0 N–H and O–H groups in total. The molecule has 0 saturated carbocycles. The van der Waals surface area contributed by atoms with Crippen LogP contribution in [0.15, 0.2) is 24.3 Å². The molecule has 0 fully saturated rings. The van der Waals surface area contributed by atoms with E-state index in [2.05, 4.69) is 10.2 Å². The van der Waals surface area contributed by atoms with Gasteiger partial charge >= 0.3 is 0 Å². The van der Waals surface area contributed by atoms with Crippen LogP contribution in [-0.2, 0) is 0 Å². The average Bonchev–Trinajstić information content (AvgIpc) is 2.47. The molecule has 2 aromatic carbocycles. The predicted molar refractivity (Wildman–Crippen MR) is 67.7 cm³/mol. The number of fused-ring (bicyclic) bond motifs is 3. The van der Waals surface area contributed by atoms with Gasteiger partial charge in [0, 0.05) is 11.1 Å². The lowest BCUT2D eigenvalue weighted by molar-refractivity contribution is 0.111. The summed E-state index contributed by atoms with van der Waals surface area (Å²) in [7, 11) is 0. The van der Waals surface area contributed by atoms with Crippen LogP contribution in [0.25, 0.3) is 21.8 Å². The Morgan fingerprint density at radius 3 is 1.50 bits per heavy atom. The Morgan fingerprint density at radius 1 is 0.750 bits per heavy atom. The Hall–Kier alpha value is -2.76. The molecule has 0 unspecified atom stereocenters. The Balaban J connectivity index is 2.66. The summed E-state index contributed by atoms with van der Waals surface area (Å²) in [5.74, 6) is -1.46. The van der Waals surface area contributed by atoms with E-state index < -0.39 is 11.6 Å². The lowest BCUT2D eigenvalue weighted by atomic mass is 10.0. The molecule has 6 heteroatoms. The molecule has 0 atom stereocenters. The number of halogens is 2. The summed E-state index contributed by atoms with van der Waals surface area (Å²) in [6, 6.07) is 4.60. The van der Waals surface area contributed by atoms with Crippen LogP contribution >= 0.6 is 0 Å². The number of rotatable bonds is 2. The topological polar surface area (TPSA) is 59.9 Å². The Bertz CT molecular complexity index is 805. The van der Waals surface area contributed by atoms with Gasteiger partial charge in [0.25, 0.3) is 0 Å². The van der Waals surface area contributed by atoms with Gasteiger partial charge in [-0.05, 0) is 24.3 Å². The van der Waals surface area contributed by atoms with Crippen molar-refractivity contribution in [1.29, 1.82) is 0 Å². The maximum absolute atomic E-state index is 14.0. The summed E-state index contributed by atoms with van der Waals surface area (Å²) in [5, 5.41) is 7.18. The maximum Gasteiger partial charge on any atom is 0.152 e. The highest BCUT2D eigenvalue weighted by molar-refractivity contribution is 6.11. The fourth-order valence-corrected chi connectivity index (χ4v) is 2.15. The molecule has 20 heavy (non-hydrogen) atoms. The van der Waals surface area contributed by atoms with Gasteiger partial charge < -0.3 is 0 Å². The summed E-state index contributed by atoms with van der Waals surface area (Å²) in [4.78, 5) is 21.9. The van der Waals surface area contributed by atoms with Crippen molar-refractivity contribution in [2.75, 3.05) is 0 Å². The predicted octanol–water partition coefficient (Wildman–Crippen LogP) is 2.69. The van der Waals surface area contributed by atoms with Crippen LogP contribution in [0.1, 0.15) is 20.7 Å². The van der Waals surface area contributed by atoms with Crippen LogP contribution in [-0.4, -0.2) is 22.8 Å². The molecular formula is C14H6F2N2O2. The van der Waals surface area contributed by atoms with E-state index in [1.165, 1.54) is 12.1 Å². The number of hydrogen-bond acceptors (Lipinski definition) is 4. The monoisotopic (exact) mass is 272 g/mol. The van der Waals surface area contributed by atoms with Crippen molar-refractivity contribution in [2.45, 2.75) is 0 Å². The highest BCUT2D eigenvalue weighted by atomic mass is 19.1. The second-order valence-electron chi connectivity index (χ2n) is 4.16. The molecule has 1 heterocycles. The van der Waals surface area contributed by atoms with Gasteiger partial charge in [0.05, 0.1) is 10.8 Å². The van der Waals surface area contributed by atoms with E-state index in [-0.39, 0.29) is 32.9 Å². The van der Waals surface area contributed by atoms with Gasteiger partial charge in [0.15, 0.2) is 12.6 Å². The van der Waals surface area contributed by atoms with Crippen molar-refractivity contribution in [1.82, 2.24) is 10.2 Å². The van der Waals surface area contributed by atoms with E-state index in [9.17, 15) is 18.4 Å². The highest BCUT2D eigenvalue weighted by Crippen LogP contribution is 2.29. The number of hydrogen-bond donors (Lipinski definition) is 0. The molecule has 3 rings (SSSR count). The number of carbonyl (C=O) groups is 2. The van der Waals surface area contributed by atoms with E-state index in [1.807, 2.05) is 0 Å². The first-order valence-corrected chi connectivity index (χ1v) is 5.65. The van der Waals surface area contributed by atoms with Crippen LogP contribution in [0, 0.1) is 11.6 Å². The Kier molecular flexibility index (Phi) is 2.71. The average molecular weight is 272 g/mol. The van der Waals surface area contributed by atoms with Gasteiger partial charge in [-0.3, -0.25) is 9.59 Å².